The van der Waals surface area contributed by atoms with E-state index in [1.807, 2.05) is 43.4 Å². The zero-order valence-corrected chi connectivity index (χ0v) is 22.5. The lowest BCUT2D eigenvalue weighted by Crippen LogP contribution is -2.28. The Hall–Kier alpha value is -3.33. The van der Waals surface area contributed by atoms with Crippen LogP contribution in [0.25, 0.3) is 33.1 Å². The van der Waals surface area contributed by atoms with Crippen molar-refractivity contribution < 1.29 is 4.42 Å². The second-order valence-corrected chi connectivity index (χ2v) is 10.5. The number of fused-ring (bicyclic) bond motifs is 9. The van der Waals surface area contributed by atoms with Crippen molar-refractivity contribution in [3.05, 3.63) is 141 Å². The second-order valence-electron chi connectivity index (χ2n) is 9.24. The van der Waals surface area contributed by atoms with Crippen molar-refractivity contribution in [2.45, 2.75) is 19.3 Å². The number of halogens is 2. The molecule has 0 amide bonds. The molecule has 2 aliphatic carbocycles. The van der Waals surface area contributed by atoms with Gasteiger partial charge < -0.3 is 4.42 Å². The number of allylic oxidation sites excluding steroid dienone is 10. The number of para-hydroxylation sites is 1. The summed E-state index contributed by atoms with van der Waals surface area (Å²) >= 11 is 10.6. The van der Waals surface area contributed by atoms with Crippen molar-refractivity contribution in [3.8, 4) is 11.1 Å². The van der Waals surface area contributed by atoms with Gasteiger partial charge in [0.2, 0.25) is 0 Å². The maximum atomic E-state index is 6.69. The number of hydrogen-bond donors (Lipinski definition) is 0. The third-order valence-electron chi connectivity index (χ3n) is 7.50. The van der Waals surface area contributed by atoms with E-state index in [0.717, 1.165) is 65.4 Å². The minimum absolute atomic E-state index is 0.595. The highest BCUT2D eigenvalue weighted by atomic mass is 79.9. The van der Waals surface area contributed by atoms with E-state index in [1.54, 1.807) is 0 Å². The van der Waals surface area contributed by atoms with Crippen LogP contribution in [0, 0.1) is 0 Å². The molecule has 6 rings (SSSR count). The summed E-state index contributed by atoms with van der Waals surface area (Å²) in [5.74, 6) is 0. The highest BCUT2D eigenvalue weighted by Crippen LogP contribution is 2.66. The van der Waals surface area contributed by atoms with Gasteiger partial charge in [0.05, 0.1) is 5.41 Å². The summed E-state index contributed by atoms with van der Waals surface area (Å²) < 4.78 is 7.53. The largest absolute Gasteiger partial charge is 0.455 e. The molecule has 0 radical (unpaired) electrons. The van der Waals surface area contributed by atoms with Crippen LogP contribution in [0.4, 0.5) is 0 Å². The normalized spacial score (nSPS) is 20.5. The first-order valence-electron chi connectivity index (χ1n) is 11.9. The highest BCUT2D eigenvalue weighted by Gasteiger charge is 2.55. The van der Waals surface area contributed by atoms with Crippen molar-refractivity contribution >= 4 is 49.5 Å². The van der Waals surface area contributed by atoms with Gasteiger partial charge in [0.15, 0.2) is 0 Å². The molecule has 1 nitrogen and oxygen atoms in total. The molecule has 1 unspecified atom stereocenters. The van der Waals surface area contributed by atoms with Crippen LogP contribution in [0.5, 0.6) is 0 Å². The highest BCUT2D eigenvalue weighted by molar-refractivity contribution is 9.12. The number of benzene rings is 3. The Morgan fingerprint density at radius 1 is 1.06 bits per heavy atom. The summed E-state index contributed by atoms with van der Waals surface area (Å²) in [6, 6.07) is 18.9. The molecule has 0 bridgehead atoms. The van der Waals surface area contributed by atoms with Crippen molar-refractivity contribution in [3.63, 3.8) is 0 Å². The van der Waals surface area contributed by atoms with Crippen LogP contribution in [-0.2, 0) is 5.41 Å². The fraction of sp³-hybridized carbons (Fsp3) is 0.0909. The lowest BCUT2D eigenvalue weighted by atomic mass is 9.69. The summed E-state index contributed by atoms with van der Waals surface area (Å²) in [5, 5.41) is 2.93. The van der Waals surface area contributed by atoms with Gasteiger partial charge in [0.1, 0.15) is 11.2 Å². The van der Waals surface area contributed by atoms with E-state index >= 15 is 0 Å². The zero-order chi connectivity index (χ0) is 25.2. The average molecular weight is 552 g/mol. The van der Waals surface area contributed by atoms with E-state index in [1.165, 1.54) is 5.56 Å². The van der Waals surface area contributed by atoms with Crippen LogP contribution >= 0.6 is 27.5 Å². The lowest BCUT2D eigenvalue weighted by molar-refractivity contribution is 0.669. The Morgan fingerprint density at radius 2 is 1.86 bits per heavy atom. The molecule has 2 aliphatic rings. The van der Waals surface area contributed by atoms with Crippen molar-refractivity contribution in [2.24, 2.45) is 0 Å². The van der Waals surface area contributed by atoms with Gasteiger partial charge in [-0.05, 0) is 77.1 Å². The van der Waals surface area contributed by atoms with E-state index in [-0.39, 0.29) is 0 Å². The summed E-state index contributed by atoms with van der Waals surface area (Å²) in [5.41, 5.74) is 10.2. The maximum absolute atomic E-state index is 6.69. The molecule has 3 heteroatoms. The predicted molar refractivity (Wildman–Crippen MR) is 157 cm³/mol. The minimum atomic E-state index is -0.595. The Kier molecular flexibility index (Phi) is 5.37. The van der Waals surface area contributed by atoms with E-state index < -0.39 is 5.41 Å². The molecule has 36 heavy (non-hydrogen) atoms. The Balaban J connectivity index is 1.85. The Bertz CT molecular complexity index is 1760. The summed E-state index contributed by atoms with van der Waals surface area (Å²) in [6.07, 6.45) is 10.1. The third-order valence-corrected chi connectivity index (χ3v) is 8.39. The van der Waals surface area contributed by atoms with Crippen molar-refractivity contribution in [2.75, 3.05) is 0 Å². The molecule has 176 valence electrons. The van der Waals surface area contributed by atoms with E-state index in [4.69, 9.17) is 16.0 Å². The molecule has 1 heterocycles. The van der Waals surface area contributed by atoms with Gasteiger partial charge >= 0.3 is 0 Å². The van der Waals surface area contributed by atoms with Gasteiger partial charge in [-0.2, -0.15) is 0 Å². The topological polar surface area (TPSA) is 13.1 Å². The predicted octanol–water partition coefficient (Wildman–Crippen LogP) is 10.4. The smallest absolute Gasteiger partial charge is 0.143 e. The Morgan fingerprint density at radius 3 is 2.64 bits per heavy atom. The minimum Gasteiger partial charge on any atom is -0.455 e. The molecule has 0 saturated carbocycles. The first kappa shape index (κ1) is 23.1. The summed E-state index contributed by atoms with van der Waals surface area (Å²) in [4.78, 5) is 0. The molecule has 0 aliphatic heterocycles. The fourth-order valence-electron chi connectivity index (χ4n) is 6.08. The molecule has 0 N–H and O–H groups in total. The third kappa shape index (κ3) is 2.89. The van der Waals surface area contributed by atoms with Gasteiger partial charge in [-0.25, -0.2) is 0 Å². The molecule has 3 aromatic carbocycles. The van der Waals surface area contributed by atoms with Crippen LogP contribution in [0.3, 0.4) is 0 Å². The summed E-state index contributed by atoms with van der Waals surface area (Å²) in [6.45, 7) is 12.7. The van der Waals surface area contributed by atoms with E-state index in [2.05, 4.69) is 84.6 Å². The number of furan rings is 1. The average Bonchev–Trinajstić information content (AvgIpc) is 3.45. The molecular formula is C33H24BrClO. The van der Waals surface area contributed by atoms with Crippen LogP contribution in [0.1, 0.15) is 25.0 Å². The second kappa shape index (κ2) is 8.37. The van der Waals surface area contributed by atoms with Gasteiger partial charge in [0.25, 0.3) is 0 Å². The lowest BCUT2D eigenvalue weighted by Gasteiger charge is -2.33. The number of rotatable bonds is 3. The fourth-order valence-corrected chi connectivity index (χ4v) is 7.03. The number of hydrogen-bond acceptors (Lipinski definition) is 1. The first-order chi connectivity index (χ1) is 17.4. The van der Waals surface area contributed by atoms with E-state index in [0.29, 0.717) is 5.02 Å². The summed E-state index contributed by atoms with van der Waals surface area (Å²) in [7, 11) is 0. The van der Waals surface area contributed by atoms with Gasteiger partial charge in [-0.3, -0.25) is 0 Å². The molecule has 1 aromatic heterocycles. The maximum Gasteiger partial charge on any atom is 0.143 e. The van der Waals surface area contributed by atoms with Crippen LogP contribution in [-0.4, -0.2) is 0 Å². The SMILES string of the molecule is C=C/C=C(/Br)C1=C(C)C(=C)/C(=C\C=C/C)C12c1cc(Cl)ccc1-c1c2ccc2c1oc1ccccc12. The van der Waals surface area contributed by atoms with Crippen LogP contribution in [0.2, 0.25) is 5.02 Å². The molecular weight excluding hydrogens is 528 g/mol. The Labute approximate surface area is 224 Å². The zero-order valence-electron chi connectivity index (χ0n) is 20.2. The molecule has 4 aromatic rings. The van der Waals surface area contributed by atoms with E-state index in [9.17, 15) is 0 Å². The van der Waals surface area contributed by atoms with Crippen molar-refractivity contribution in [1.82, 2.24) is 0 Å². The standard InChI is InChI=1S/C33H24BrClO/c1-5-7-12-25-19(3)20(4)31(28(34)10-6-2)33(25)26-17-16-23-22-11-8-9-13-29(22)36-32(23)30(26)24-15-14-21(35)18-27(24)33/h5-18H,2-3H2,1,4H3/b7-5-,25-12+,28-10+. The van der Waals surface area contributed by atoms with Crippen LogP contribution in [0.15, 0.2) is 129 Å². The molecule has 0 saturated heterocycles. The quantitative estimate of drug-likeness (QED) is 0.231. The van der Waals surface area contributed by atoms with Gasteiger partial charge in [0, 0.05) is 25.8 Å². The van der Waals surface area contributed by atoms with Gasteiger partial charge in [-0.15, -0.1) is 0 Å². The van der Waals surface area contributed by atoms with Crippen molar-refractivity contribution in [1.29, 1.82) is 0 Å². The first-order valence-corrected chi connectivity index (χ1v) is 13.1. The molecule has 0 fully saturated rings. The van der Waals surface area contributed by atoms with Gasteiger partial charge in [-0.1, -0.05) is 101 Å². The monoisotopic (exact) mass is 550 g/mol. The van der Waals surface area contributed by atoms with Crippen LogP contribution < -0.4 is 0 Å². The molecule has 1 spiro atoms. The molecule has 1 atom stereocenters.